The van der Waals surface area contributed by atoms with Gasteiger partial charge in [0, 0.05) is 10.6 Å². The molecule has 0 radical (unpaired) electrons. The Balaban J connectivity index is 1.70. The largest absolute Gasteiger partial charge is 0.490 e. The van der Waals surface area contributed by atoms with Crippen molar-refractivity contribution in [2.24, 2.45) is 0 Å². The average Bonchev–Trinajstić information content (AvgIpc) is 2.93. The van der Waals surface area contributed by atoms with E-state index < -0.39 is 23.8 Å². The SMILES string of the molecule is C=CCc1cc(/C=C2/C(=O)NC(=O)N(c3ccc(C)c(Cl)c3)C2=O)cc(OCC)c1OCc1ccc(C(=O)O)cc1. The Morgan fingerprint density at radius 2 is 1.80 bits per heavy atom. The molecule has 0 aliphatic carbocycles. The predicted octanol–water partition coefficient (Wildman–Crippen LogP) is 5.72. The van der Waals surface area contributed by atoms with Crippen molar-refractivity contribution in [1.29, 1.82) is 0 Å². The molecule has 0 atom stereocenters. The molecular weight excluding hydrogens is 548 g/mol. The number of nitrogens with zero attached hydrogens (tertiary/aromatic N) is 1. The Kier molecular flexibility index (Phi) is 8.89. The molecule has 1 fully saturated rings. The van der Waals surface area contributed by atoms with Gasteiger partial charge in [-0.05, 0) is 79.4 Å². The number of anilines is 1. The number of aromatic carboxylic acids is 1. The minimum absolute atomic E-state index is 0.141. The molecule has 1 aliphatic heterocycles. The number of hydrogen-bond donors (Lipinski definition) is 2. The van der Waals surface area contributed by atoms with Crippen molar-refractivity contribution in [3.05, 3.63) is 106 Å². The van der Waals surface area contributed by atoms with Crippen LogP contribution in [-0.2, 0) is 22.6 Å². The maximum atomic E-state index is 13.4. The predicted molar refractivity (Wildman–Crippen MR) is 154 cm³/mol. The molecular formula is C31H27ClN2O7. The molecule has 0 aromatic heterocycles. The summed E-state index contributed by atoms with van der Waals surface area (Å²) >= 11 is 6.21. The lowest BCUT2D eigenvalue weighted by atomic mass is 10.0. The van der Waals surface area contributed by atoms with Crippen LogP contribution in [0.3, 0.4) is 0 Å². The van der Waals surface area contributed by atoms with Crippen molar-refractivity contribution in [2.75, 3.05) is 11.5 Å². The second-order valence-electron chi connectivity index (χ2n) is 9.12. The van der Waals surface area contributed by atoms with Crippen molar-refractivity contribution in [2.45, 2.75) is 26.9 Å². The summed E-state index contributed by atoms with van der Waals surface area (Å²) in [6.45, 7) is 7.86. The van der Waals surface area contributed by atoms with Crippen LogP contribution in [0.4, 0.5) is 10.5 Å². The summed E-state index contributed by atoms with van der Waals surface area (Å²) in [5, 5.41) is 11.7. The fraction of sp³-hybridized carbons (Fsp3) is 0.161. The lowest BCUT2D eigenvalue weighted by molar-refractivity contribution is -0.122. The molecule has 0 spiro atoms. The summed E-state index contributed by atoms with van der Waals surface area (Å²) in [4.78, 5) is 50.7. The number of nitrogens with one attached hydrogen (secondary N) is 1. The van der Waals surface area contributed by atoms with Crippen molar-refractivity contribution >= 4 is 47.2 Å². The molecule has 0 bridgehead atoms. The quantitative estimate of drug-likeness (QED) is 0.180. The van der Waals surface area contributed by atoms with E-state index >= 15 is 0 Å². The number of urea groups is 1. The lowest BCUT2D eigenvalue weighted by Crippen LogP contribution is -2.54. The number of benzene rings is 3. The van der Waals surface area contributed by atoms with Gasteiger partial charge in [0.05, 0.1) is 17.9 Å². The maximum Gasteiger partial charge on any atom is 0.335 e. The highest BCUT2D eigenvalue weighted by Gasteiger charge is 2.37. The molecule has 2 N–H and O–H groups in total. The summed E-state index contributed by atoms with van der Waals surface area (Å²) in [6, 6.07) is 13.5. The molecule has 4 rings (SSSR count). The monoisotopic (exact) mass is 574 g/mol. The molecule has 1 heterocycles. The second kappa shape index (κ2) is 12.5. The number of carbonyl (C=O) groups is 4. The molecule has 1 saturated heterocycles. The zero-order valence-corrected chi connectivity index (χ0v) is 23.2. The number of aryl methyl sites for hydroxylation is 1. The molecule has 41 heavy (non-hydrogen) atoms. The molecule has 0 unspecified atom stereocenters. The van der Waals surface area contributed by atoms with Crippen LogP contribution in [-0.4, -0.2) is 35.5 Å². The topological polar surface area (TPSA) is 122 Å². The molecule has 3 aromatic rings. The van der Waals surface area contributed by atoms with E-state index in [4.69, 9.17) is 26.2 Å². The van der Waals surface area contributed by atoms with E-state index in [0.717, 1.165) is 16.0 Å². The van der Waals surface area contributed by atoms with E-state index in [2.05, 4.69) is 11.9 Å². The number of imide groups is 2. The lowest BCUT2D eigenvalue weighted by Gasteiger charge is -2.26. The standard InChI is InChI=1S/C31H27ClN2O7/c1-4-6-22-13-20(15-26(40-5-2)27(22)41-17-19-8-10-21(11-9-19)30(37)38)14-24-28(35)33-31(39)34(29(24)36)23-12-7-18(3)25(32)16-23/h4,7-16H,1,5-6,17H2,2-3H3,(H,37,38)(H,33,35,39)/b24-14-. The van der Waals surface area contributed by atoms with E-state index in [0.29, 0.717) is 40.7 Å². The average molecular weight is 575 g/mol. The highest BCUT2D eigenvalue weighted by atomic mass is 35.5. The van der Waals surface area contributed by atoms with Gasteiger partial charge in [-0.1, -0.05) is 35.9 Å². The van der Waals surface area contributed by atoms with Gasteiger partial charge < -0.3 is 14.6 Å². The number of allylic oxidation sites excluding steroid dienone is 1. The van der Waals surface area contributed by atoms with Gasteiger partial charge in [-0.15, -0.1) is 6.58 Å². The van der Waals surface area contributed by atoms with Crippen LogP contribution in [0.1, 0.15) is 39.5 Å². The van der Waals surface area contributed by atoms with Gasteiger partial charge in [-0.25, -0.2) is 14.5 Å². The summed E-state index contributed by atoms with van der Waals surface area (Å²) in [5.41, 5.74) is 2.81. The van der Waals surface area contributed by atoms with Gasteiger partial charge in [0.15, 0.2) is 11.5 Å². The summed E-state index contributed by atoms with van der Waals surface area (Å²) in [6.07, 6.45) is 3.45. The molecule has 4 amide bonds. The molecule has 3 aromatic carbocycles. The van der Waals surface area contributed by atoms with E-state index in [1.807, 2.05) is 0 Å². The van der Waals surface area contributed by atoms with Crippen LogP contribution in [0.15, 0.2) is 72.8 Å². The minimum atomic E-state index is -1.02. The van der Waals surface area contributed by atoms with E-state index in [1.54, 1.807) is 56.3 Å². The van der Waals surface area contributed by atoms with E-state index in [-0.39, 0.29) is 23.4 Å². The highest BCUT2D eigenvalue weighted by Crippen LogP contribution is 2.36. The number of hydrogen-bond acceptors (Lipinski definition) is 6. The first-order chi connectivity index (χ1) is 19.6. The minimum Gasteiger partial charge on any atom is -0.490 e. The summed E-state index contributed by atoms with van der Waals surface area (Å²) in [5.74, 6) is -1.83. The van der Waals surface area contributed by atoms with Crippen molar-refractivity contribution < 1.29 is 33.8 Å². The van der Waals surface area contributed by atoms with Crippen LogP contribution in [0, 0.1) is 6.92 Å². The fourth-order valence-corrected chi connectivity index (χ4v) is 4.35. The summed E-state index contributed by atoms with van der Waals surface area (Å²) < 4.78 is 12.0. The van der Waals surface area contributed by atoms with Gasteiger partial charge in [0.2, 0.25) is 0 Å². The number of amides is 4. The third kappa shape index (κ3) is 6.47. The van der Waals surface area contributed by atoms with Gasteiger partial charge >= 0.3 is 12.0 Å². The summed E-state index contributed by atoms with van der Waals surface area (Å²) in [7, 11) is 0. The molecule has 210 valence electrons. The van der Waals surface area contributed by atoms with Crippen molar-refractivity contribution in [3.63, 3.8) is 0 Å². The third-order valence-corrected chi connectivity index (χ3v) is 6.64. The zero-order chi connectivity index (χ0) is 29.7. The Morgan fingerprint density at radius 1 is 1.07 bits per heavy atom. The first kappa shape index (κ1) is 29.1. The number of barbiturate groups is 1. The number of carboxylic acid groups (broad SMARTS) is 1. The van der Waals surface area contributed by atoms with Gasteiger partial charge in [0.25, 0.3) is 11.8 Å². The first-order valence-corrected chi connectivity index (χ1v) is 13.0. The Morgan fingerprint density at radius 3 is 2.44 bits per heavy atom. The van der Waals surface area contributed by atoms with Crippen LogP contribution in [0.2, 0.25) is 5.02 Å². The maximum absolute atomic E-state index is 13.4. The van der Waals surface area contributed by atoms with Crippen LogP contribution in [0.5, 0.6) is 11.5 Å². The normalized spacial score (nSPS) is 14.2. The van der Waals surface area contributed by atoms with Gasteiger partial charge in [-0.3, -0.25) is 14.9 Å². The number of rotatable bonds is 10. The Bertz CT molecular complexity index is 1580. The molecule has 9 nitrogen and oxygen atoms in total. The van der Waals surface area contributed by atoms with Gasteiger partial charge in [-0.2, -0.15) is 0 Å². The smallest absolute Gasteiger partial charge is 0.335 e. The second-order valence-corrected chi connectivity index (χ2v) is 9.52. The van der Waals surface area contributed by atoms with E-state index in [9.17, 15) is 19.2 Å². The van der Waals surface area contributed by atoms with Crippen LogP contribution in [0.25, 0.3) is 6.08 Å². The number of carboxylic acids is 1. The van der Waals surface area contributed by atoms with Crippen LogP contribution < -0.4 is 19.7 Å². The zero-order valence-electron chi connectivity index (χ0n) is 22.4. The van der Waals surface area contributed by atoms with Gasteiger partial charge in [0.1, 0.15) is 12.2 Å². The molecule has 0 saturated carbocycles. The Hall–Kier alpha value is -4.89. The van der Waals surface area contributed by atoms with Crippen molar-refractivity contribution in [1.82, 2.24) is 5.32 Å². The first-order valence-electron chi connectivity index (χ1n) is 12.7. The fourth-order valence-electron chi connectivity index (χ4n) is 4.18. The van der Waals surface area contributed by atoms with Crippen molar-refractivity contribution in [3.8, 4) is 11.5 Å². The van der Waals surface area contributed by atoms with E-state index in [1.165, 1.54) is 24.3 Å². The third-order valence-electron chi connectivity index (χ3n) is 6.23. The number of ether oxygens (including phenoxy) is 2. The number of halogens is 1. The molecule has 10 heteroatoms. The highest BCUT2D eigenvalue weighted by molar-refractivity contribution is 6.39. The Labute approximate surface area is 241 Å². The van der Waals surface area contributed by atoms with Crippen LogP contribution >= 0.6 is 11.6 Å². The molecule has 1 aliphatic rings. The number of carbonyl (C=O) groups excluding carboxylic acids is 3.